The molecule has 4 heteroatoms. The Hall–Kier alpha value is -0.610. The molecular weight excluding hydrogens is 879 g/mol. The van der Waals surface area contributed by atoms with Gasteiger partial charge in [-0.15, -0.1) is 0 Å². The molecule has 4 nitrogen and oxygen atoms in total. The summed E-state index contributed by atoms with van der Waals surface area (Å²) < 4.78 is 0. The molecule has 0 spiro atoms. The average Bonchev–Trinajstić information content (AvgIpc) is 3.39. The highest BCUT2D eigenvalue weighted by atomic mass is 16.3. The van der Waals surface area contributed by atoms with Crippen LogP contribution in [0.3, 0.4) is 0 Å². The van der Waals surface area contributed by atoms with Gasteiger partial charge in [0.05, 0.1) is 18.8 Å². The smallest absolute Gasteiger partial charge is 0.220 e. The Morgan fingerprint density at radius 2 is 0.444 bits per heavy atom. The van der Waals surface area contributed by atoms with Gasteiger partial charge in [0.2, 0.25) is 5.91 Å². The van der Waals surface area contributed by atoms with Crippen molar-refractivity contribution in [2.45, 2.75) is 424 Å². The summed E-state index contributed by atoms with van der Waals surface area (Å²) in [6.45, 7) is 4.42. The zero-order valence-electron chi connectivity index (χ0n) is 50.0. The van der Waals surface area contributed by atoms with Crippen molar-refractivity contribution >= 4 is 5.91 Å². The largest absolute Gasteiger partial charge is 0.394 e. The maximum absolute atomic E-state index is 12.6. The van der Waals surface area contributed by atoms with Crippen LogP contribution in [0, 0.1) is 0 Å². The van der Waals surface area contributed by atoms with Gasteiger partial charge in [0.25, 0.3) is 0 Å². The maximum Gasteiger partial charge on any atom is 0.220 e. The first-order chi connectivity index (χ1) is 35.7. The van der Waals surface area contributed by atoms with Gasteiger partial charge >= 0.3 is 0 Å². The molecule has 0 aromatic heterocycles. The lowest BCUT2D eigenvalue weighted by atomic mass is 10.0. The number of carbonyl (C=O) groups is 1. The van der Waals surface area contributed by atoms with Gasteiger partial charge in [-0.1, -0.05) is 393 Å². The summed E-state index contributed by atoms with van der Waals surface area (Å²) in [4.78, 5) is 12.6. The van der Waals surface area contributed by atoms with Crippen LogP contribution in [-0.2, 0) is 4.79 Å². The summed E-state index contributed by atoms with van der Waals surface area (Å²) in [5.74, 6) is -0.0194. The predicted molar refractivity (Wildman–Crippen MR) is 323 cm³/mol. The van der Waals surface area contributed by atoms with Crippen LogP contribution in [0.1, 0.15) is 412 Å². The second-order valence-corrected chi connectivity index (χ2v) is 24.0. The molecule has 0 aliphatic rings. The van der Waals surface area contributed by atoms with Crippen LogP contribution in [-0.4, -0.2) is 34.9 Å². The van der Waals surface area contributed by atoms with Gasteiger partial charge in [-0.2, -0.15) is 0 Å². The Morgan fingerprint density at radius 3 is 0.625 bits per heavy atom. The highest BCUT2D eigenvalue weighted by molar-refractivity contribution is 5.76. The van der Waals surface area contributed by atoms with E-state index in [1.54, 1.807) is 0 Å². The van der Waals surface area contributed by atoms with Crippen LogP contribution in [0.15, 0.2) is 0 Å². The van der Waals surface area contributed by atoms with Crippen molar-refractivity contribution in [3.63, 3.8) is 0 Å². The molecule has 432 valence electrons. The molecule has 0 aromatic rings. The van der Waals surface area contributed by atoms with E-state index >= 15 is 0 Å². The molecule has 2 unspecified atom stereocenters. The average molecular weight is 1020 g/mol. The minimum absolute atomic E-state index is 0.0194. The standard InChI is InChI=1S/C68H137NO3/c1-3-5-7-9-11-13-15-17-19-21-23-25-27-29-31-33-35-37-39-41-43-45-47-49-51-53-55-57-59-61-63-67(71)66(65-70)69-68(72)64-62-60-58-56-54-52-50-48-46-44-42-40-38-36-34-32-30-28-26-24-22-20-18-16-14-12-10-8-6-4-2/h66-67,70-71H,3-65H2,1-2H3,(H,69,72). The molecular formula is C68H137NO3. The topological polar surface area (TPSA) is 69.6 Å². The van der Waals surface area contributed by atoms with E-state index in [1.165, 1.54) is 360 Å². The van der Waals surface area contributed by atoms with Gasteiger partial charge in [-0.25, -0.2) is 0 Å². The van der Waals surface area contributed by atoms with E-state index in [-0.39, 0.29) is 12.5 Å². The Labute approximate surface area is 454 Å². The SMILES string of the molecule is CCCCCCCCCCCCCCCCCCCCCCCCCCCCCCCCC(=O)NC(CO)C(O)CCCCCCCCCCCCCCCCCCCCCCCCCCCCCCCC. The van der Waals surface area contributed by atoms with Crippen LogP contribution in [0.4, 0.5) is 0 Å². The summed E-state index contributed by atoms with van der Waals surface area (Å²) in [5, 5.41) is 23.5. The summed E-state index contributed by atoms with van der Waals surface area (Å²) in [5.41, 5.74) is 0. The minimum Gasteiger partial charge on any atom is -0.394 e. The van der Waals surface area contributed by atoms with Crippen molar-refractivity contribution in [1.29, 1.82) is 0 Å². The van der Waals surface area contributed by atoms with Crippen molar-refractivity contribution in [2.75, 3.05) is 6.61 Å². The summed E-state index contributed by atoms with van der Waals surface area (Å²) in [6.07, 6.45) is 84.4. The van der Waals surface area contributed by atoms with Gasteiger partial charge in [0.1, 0.15) is 0 Å². The third kappa shape index (κ3) is 60.3. The molecule has 0 aliphatic carbocycles. The van der Waals surface area contributed by atoms with Crippen molar-refractivity contribution in [3.8, 4) is 0 Å². The number of amides is 1. The van der Waals surface area contributed by atoms with E-state index in [2.05, 4.69) is 19.2 Å². The monoisotopic (exact) mass is 1020 g/mol. The number of unbranched alkanes of at least 4 members (excludes halogenated alkanes) is 58. The fourth-order valence-corrected chi connectivity index (χ4v) is 11.4. The molecule has 0 fully saturated rings. The number of aliphatic hydroxyl groups is 2. The van der Waals surface area contributed by atoms with Crippen LogP contribution in [0.2, 0.25) is 0 Å². The number of hydrogen-bond acceptors (Lipinski definition) is 3. The van der Waals surface area contributed by atoms with E-state index in [0.717, 1.165) is 25.7 Å². The van der Waals surface area contributed by atoms with Gasteiger partial charge in [0, 0.05) is 6.42 Å². The number of aliphatic hydroxyl groups excluding tert-OH is 2. The lowest BCUT2D eigenvalue weighted by molar-refractivity contribution is -0.123. The van der Waals surface area contributed by atoms with Gasteiger partial charge in [0.15, 0.2) is 0 Å². The Kier molecular flexibility index (Phi) is 64.1. The summed E-state index contributed by atoms with van der Waals surface area (Å²) >= 11 is 0. The summed E-state index contributed by atoms with van der Waals surface area (Å²) in [6, 6.07) is -0.533. The molecule has 0 radical (unpaired) electrons. The van der Waals surface area contributed by atoms with Crippen molar-refractivity contribution < 1.29 is 15.0 Å². The molecule has 0 rings (SSSR count). The maximum atomic E-state index is 12.6. The second kappa shape index (κ2) is 64.7. The molecule has 0 bridgehead atoms. The molecule has 1 amide bonds. The molecule has 0 saturated carbocycles. The van der Waals surface area contributed by atoms with E-state index in [0.29, 0.717) is 12.8 Å². The molecule has 0 heterocycles. The first-order valence-electron chi connectivity index (χ1n) is 34.2. The Balaban J connectivity index is 3.36. The number of rotatable bonds is 65. The van der Waals surface area contributed by atoms with Gasteiger partial charge in [-0.05, 0) is 12.8 Å². The fraction of sp³-hybridized carbons (Fsp3) is 0.985. The quantitative estimate of drug-likeness (QED) is 0.0532. The predicted octanol–water partition coefficient (Wildman–Crippen LogP) is 23.1. The molecule has 0 aromatic carbocycles. The first-order valence-corrected chi connectivity index (χ1v) is 34.2. The van der Waals surface area contributed by atoms with Crippen LogP contribution in [0.5, 0.6) is 0 Å². The highest BCUT2D eigenvalue weighted by Gasteiger charge is 2.20. The third-order valence-electron chi connectivity index (χ3n) is 16.6. The van der Waals surface area contributed by atoms with Crippen LogP contribution in [0.25, 0.3) is 0 Å². The van der Waals surface area contributed by atoms with E-state index in [4.69, 9.17) is 0 Å². The van der Waals surface area contributed by atoms with Crippen molar-refractivity contribution in [3.05, 3.63) is 0 Å². The highest BCUT2D eigenvalue weighted by Crippen LogP contribution is 2.20. The molecule has 0 aliphatic heterocycles. The van der Waals surface area contributed by atoms with Crippen molar-refractivity contribution in [2.24, 2.45) is 0 Å². The van der Waals surface area contributed by atoms with E-state index in [1.807, 2.05) is 0 Å². The van der Waals surface area contributed by atoms with E-state index < -0.39 is 12.1 Å². The molecule has 0 saturated heterocycles. The second-order valence-electron chi connectivity index (χ2n) is 24.0. The number of nitrogens with one attached hydrogen (secondary N) is 1. The van der Waals surface area contributed by atoms with Crippen molar-refractivity contribution in [1.82, 2.24) is 5.32 Å². The molecule has 2 atom stereocenters. The number of hydrogen-bond donors (Lipinski definition) is 3. The zero-order valence-corrected chi connectivity index (χ0v) is 50.0. The first kappa shape index (κ1) is 71.4. The lowest BCUT2D eigenvalue weighted by Crippen LogP contribution is -2.45. The zero-order chi connectivity index (χ0) is 52.0. The van der Waals surface area contributed by atoms with Gasteiger partial charge < -0.3 is 15.5 Å². The summed E-state index contributed by atoms with van der Waals surface area (Å²) in [7, 11) is 0. The normalized spacial score (nSPS) is 12.6. The Morgan fingerprint density at radius 1 is 0.278 bits per heavy atom. The van der Waals surface area contributed by atoms with Gasteiger partial charge in [-0.3, -0.25) is 4.79 Å². The van der Waals surface area contributed by atoms with E-state index in [9.17, 15) is 15.0 Å². The fourth-order valence-electron chi connectivity index (χ4n) is 11.4. The lowest BCUT2D eigenvalue weighted by Gasteiger charge is -2.22. The third-order valence-corrected chi connectivity index (χ3v) is 16.6. The molecule has 3 N–H and O–H groups in total. The van der Waals surface area contributed by atoms with Crippen LogP contribution < -0.4 is 5.32 Å². The van der Waals surface area contributed by atoms with Crippen LogP contribution >= 0.6 is 0 Å². The molecule has 72 heavy (non-hydrogen) atoms. The minimum atomic E-state index is -0.656. The Bertz CT molecular complexity index is 971. The number of carbonyl (C=O) groups excluding carboxylic acids is 1.